The standard InChI is InChI=1S/C19H30N2O7/c1-19(2,3)28-17(23)20-15(9-10-22)14-8-7-13(27-18(24)21(4)5)11-16(14)26-12-25-6/h7-8,11,15,22H,9-10,12H2,1-6H3,(H,20,23)/t15-/m1/s1. The van der Waals surface area contributed by atoms with Gasteiger partial charge in [-0.25, -0.2) is 9.59 Å². The second-order valence-electron chi connectivity index (χ2n) is 7.22. The fourth-order valence-electron chi connectivity index (χ4n) is 2.19. The van der Waals surface area contributed by atoms with Gasteiger partial charge in [0.05, 0.1) is 6.04 Å². The first-order valence-corrected chi connectivity index (χ1v) is 8.82. The third-order valence-corrected chi connectivity index (χ3v) is 3.37. The van der Waals surface area contributed by atoms with E-state index in [9.17, 15) is 14.7 Å². The summed E-state index contributed by atoms with van der Waals surface area (Å²) >= 11 is 0. The summed E-state index contributed by atoms with van der Waals surface area (Å²) in [5.41, 5.74) is -0.0744. The van der Waals surface area contributed by atoms with Crippen molar-refractivity contribution in [1.82, 2.24) is 10.2 Å². The largest absolute Gasteiger partial charge is 0.467 e. The van der Waals surface area contributed by atoms with Crippen LogP contribution in [-0.2, 0) is 9.47 Å². The van der Waals surface area contributed by atoms with Crippen molar-refractivity contribution in [3.05, 3.63) is 23.8 Å². The number of nitrogens with one attached hydrogen (secondary N) is 1. The van der Waals surface area contributed by atoms with Gasteiger partial charge >= 0.3 is 12.2 Å². The molecule has 0 unspecified atom stereocenters. The number of methoxy groups -OCH3 is 1. The SMILES string of the molecule is COCOc1cc(OC(=O)N(C)C)ccc1[C@@H](CCO)NC(=O)OC(C)(C)C. The number of aliphatic hydroxyl groups is 1. The lowest BCUT2D eigenvalue weighted by molar-refractivity contribution is 0.0467. The highest BCUT2D eigenvalue weighted by Gasteiger charge is 2.23. The summed E-state index contributed by atoms with van der Waals surface area (Å²) in [5.74, 6) is 0.619. The first kappa shape index (κ1) is 23.5. The van der Waals surface area contributed by atoms with E-state index in [2.05, 4.69) is 5.32 Å². The van der Waals surface area contributed by atoms with Gasteiger partial charge in [-0.05, 0) is 39.3 Å². The van der Waals surface area contributed by atoms with E-state index in [1.165, 1.54) is 18.1 Å². The van der Waals surface area contributed by atoms with E-state index in [1.54, 1.807) is 47.0 Å². The molecule has 0 aromatic heterocycles. The molecule has 0 radical (unpaired) electrons. The zero-order valence-corrected chi connectivity index (χ0v) is 17.3. The van der Waals surface area contributed by atoms with Crippen LogP contribution in [0.5, 0.6) is 11.5 Å². The molecule has 9 heteroatoms. The average molecular weight is 398 g/mol. The highest BCUT2D eigenvalue weighted by Crippen LogP contribution is 2.32. The molecule has 0 saturated carbocycles. The number of nitrogens with zero attached hydrogens (tertiary/aromatic N) is 1. The predicted molar refractivity (Wildman–Crippen MR) is 102 cm³/mol. The molecule has 0 spiro atoms. The van der Waals surface area contributed by atoms with E-state index >= 15 is 0 Å². The van der Waals surface area contributed by atoms with E-state index < -0.39 is 23.8 Å². The highest BCUT2D eigenvalue weighted by molar-refractivity contribution is 5.70. The number of alkyl carbamates (subject to hydrolysis) is 1. The van der Waals surface area contributed by atoms with Gasteiger partial charge in [0.15, 0.2) is 6.79 Å². The molecule has 28 heavy (non-hydrogen) atoms. The van der Waals surface area contributed by atoms with E-state index in [0.717, 1.165) is 0 Å². The average Bonchev–Trinajstić information content (AvgIpc) is 2.58. The summed E-state index contributed by atoms with van der Waals surface area (Å²) in [4.78, 5) is 25.2. The van der Waals surface area contributed by atoms with Crippen LogP contribution in [0.3, 0.4) is 0 Å². The molecule has 1 aromatic rings. The van der Waals surface area contributed by atoms with E-state index in [4.69, 9.17) is 18.9 Å². The number of amides is 2. The summed E-state index contributed by atoms with van der Waals surface area (Å²) < 4.78 is 21.1. The predicted octanol–water partition coefficient (Wildman–Crippen LogP) is 2.68. The Kier molecular flexibility index (Phi) is 9.01. The summed E-state index contributed by atoms with van der Waals surface area (Å²) in [5, 5.41) is 12.1. The van der Waals surface area contributed by atoms with Crippen molar-refractivity contribution in [3.63, 3.8) is 0 Å². The molecule has 158 valence electrons. The topological polar surface area (TPSA) is 107 Å². The Hall–Kier alpha value is -2.52. The van der Waals surface area contributed by atoms with Crippen LogP contribution in [-0.4, -0.2) is 62.4 Å². The molecule has 0 aliphatic rings. The van der Waals surface area contributed by atoms with Crippen molar-refractivity contribution >= 4 is 12.2 Å². The van der Waals surface area contributed by atoms with Crippen molar-refractivity contribution < 1.29 is 33.6 Å². The minimum Gasteiger partial charge on any atom is -0.467 e. The number of aliphatic hydroxyl groups excluding tert-OH is 1. The quantitative estimate of drug-likeness (QED) is 0.648. The Labute approximate surface area is 165 Å². The Balaban J connectivity index is 3.12. The first-order chi connectivity index (χ1) is 13.1. The third kappa shape index (κ3) is 8.01. The van der Waals surface area contributed by atoms with Gasteiger partial charge in [-0.2, -0.15) is 0 Å². The number of carbonyl (C=O) groups excluding carboxylic acids is 2. The number of hydrogen-bond donors (Lipinski definition) is 2. The first-order valence-electron chi connectivity index (χ1n) is 8.82. The van der Waals surface area contributed by atoms with Crippen LogP contribution in [0, 0.1) is 0 Å². The van der Waals surface area contributed by atoms with Gasteiger partial charge in [0, 0.05) is 39.4 Å². The second kappa shape index (κ2) is 10.7. The molecule has 1 aromatic carbocycles. The molecule has 0 saturated heterocycles. The fourth-order valence-corrected chi connectivity index (χ4v) is 2.19. The molecule has 0 aliphatic heterocycles. The molecule has 2 amide bonds. The van der Waals surface area contributed by atoms with Crippen molar-refractivity contribution in [2.75, 3.05) is 34.6 Å². The van der Waals surface area contributed by atoms with Crippen LogP contribution >= 0.6 is 0 Å². The molecule has 9 nitrogen and oxygen atoms in total. The lowest BCUT2D eigenvalue weighted by Crippen LogP contribution is -2.35. The minimum absolute atomic E-state index is 0.0453. The third-order valence-electron chi connectivity index (χ3n) is 3.37. The number of carbonyl (C=O) groups is 2. The van der Waals surface area contributed by atoms with E-state index in [0.29, 0.717) is 11.3 Å². The van der Waals surface area contributed by atoms with E-state index in [-0.39, 0.29) is 25.6 Å². The van der Waals surface area contributed by atoms with E-state index in [1.807, 2.05) is 0 Å². The monoisotopic (exact) mass is 398 g/mol. The van der Waals surface area contributed by atoms with Gasteiger partial charge in [-0.3, -0.25) is 0 Å². The lowest BCUT2D eigenvalue weighted by Gasteiger charge is -2.25. The van der Waals surface area contributed by atoms with Crippen LogP contribution in [0.1, 0.15) is 38.8 Å². The molecule has 0 aliphatic carbocycles. The Morgan fingerprint density at radius 2 is 1.93 bits per heavy atom. The Bertz CT molecular complexity index is 656. The van der Waals surface area contributed by atoms with Gasteiger partial charge < -0.3 is 34.3 Å². The van der Waals surface area contributed by atoms with Crippen molar-refractivity contribution in [3.8, 4) is 11.5 Å². The molecule has 2 N–H and O–H groups in total. The van der Waals surface area contributed by atoms with Crippen molar-refractivity contribution in [2.45, 2.75) is 38.8 Å². The molecular weight excluding hydrogens is 368 g/mol. The second-order valence-corrected chi connectivity index (χ2v) is 7.22. The van der Waals surface area contributed by atoms with Gasteiger partial charge in [-0.1, -0.05) is 0 Å². The summed E-state index contributed by atoms with van der Waals surface area (Å²) in [7, 11) is 4.61. The molecule has 0 bridgehead atoms. The zero-order chi connectivity index (χ0) is 21.3. The summed E-state index contributed by atoms with van der Waals surface area (Å²) in [6, 6.07) is 4.18. The normalized spacial score (nSPS) is 12.1. The summed E-state index contributed by atoms with van der Waals surface area (Å²) in [6.07, 6.45) is -0.921. The van der Waals surface area contributed by atoms with Crippen LogP contribution in [0.25, 0.3) is 0 Å². The smallest absolute Gasteiger partial charge is 0.414 e. The van der Waals surface area contributed by atoms with Crippen molar-refractivity contribution in [1.29, 1.82) is 0 Å². The van der Waals surface area contributed by atoms with Gasteiger partial charge in [0.1, 0.15) is 17.1 Å². The number of hydrogen-bond acceptors (Lipinski definition) is 7. The molecule has 0 fully saturated rings. The Morgan fingerprint density at radius 1 is 1.25 bits per heavy atom. The minimum atomic E-state index is -0.659. The number of benzene rings is 1. The molecule has 1 rings (SSSR count). The zero-order valence-electron chi connectivity index (χ0n) is 17.3. The van der Waals surface area contributed by atoms with Gasteiger partial charge in [-0.15, -0.1) is 0 Å². The van der Waals surface area contributed by atoms with Gasteiger partial charge in [0.25, 0.3) is 0 Å². The maximum atomic E-state index is 12.2. The highest BCUT2D eigenvalue weighted by atomic mass is 16.7. The van der Waals surface area contributed by atoms with Crippen LogP contribution in [0.4, 0.5) is 9.59 Å². The van der Waals surface area contributed by atoms with Gasteiger partial charge in [0.2, 0.25) is 0 Å². The maximum absolute atomic E-state index is 12.2. The van der Waals surface area contributed by atoms with Crippen LogP contribution in [0.2, 0.25) is 0 Å². The lowest BCUT2D eigenvalue weighted by atomic mass is 10.0. The fraction of sp³-hybridized carbons (Fsp3) is 0.579. The summed E-state index contributed by atoms with van der Waals surface area (Å²) in [6.45, 7) is 5.07. The molecular formula is C19H30N2O7. The number of ether oxygens (including phenoxy) is 4. The van der Waals surface area contributed by atoms with Crippen LogP contribution < -0.4 is 14.8 Å². The van der Waals surface area contributed by atoms with Crippen LogP contribution in [0.15, 0.2) is 18.2 Å². The molecule has 0 heterocycles. The molecule has 1 atom stereocenters. The number of rotatable bonds is 8. The maximum Gasteiger partial charge on any atom is 0.414 e. The van der Waals surface area contributed by atoms with Crippen molar-refractivity contribution in [2.24, 2.45) is 0 Å². The Morgan fingerprint density at radius 3 is 2.46 bits per heavy atom.